The first-order valence-corrected chi connectivity index (χ1v) is 4.12. The van der Waals surface area contributed by atoms with E-state index < -0.39 is 0 Å². The quantitative estimate of drug-likeness (QED) is 0.544. The molecular weight excluding hydrogens is 166 g/mol. The van der Waals surface area contributed by atoms with Crippen molar-refractivity contribution in [2.45, 2.75) is 20.3 Å². The summed E-state index contributed by atoms with van der Waals surface area (Å²) in [5.74, 6) is 1.06. The van der Waals surface area contributed by atoms with Crippen molar-refractivity contribution in [3.05, 3.63) is 36.0 Å². The molecule has 3 heteroatoms. The van der Waals surface area contributed by atoms with Crippen molar-refractivity contribution in [3.63, 3.8) is 0 Å². The third-order valence-corrected chi connectivity index (χ3v) is 1.38. The molecule has 72 valence electrons. The van der Waals surface area contributed by atoms with E-state index in [0.29, 0.717) is 11.5 Å². The molecule has 0 amide bonds. The smallest absolute Gasteiger partial charge is 0.144 e. The van der Waals surface area contributed by atoms with E-state index in [1.54, 1.807) is 24.5 Å². The molecule has 1 heterocycles. The van der Waals surface area contributed by atoms with Crippen LogP contribution in [0.5, 0.6) is 0 Å². The van der Waals surface area contributed by atoms with Gasteiger partial charge >= 0.3 is 0 Å². The Morgan fingerprint density at radius 1 is 1.69 bits per heavy atom. The van der Waals surface area contributed by atoms with Gasteiger partial charge in [-0.25, -0.2) is 0 Å². The minimum Gasteiger partial charge on any atom is -0.513 e. The van der Waals surface area contributed by atoms with Gasteiger partial charge in [-0.15, -0.1) is 0 Å². The third-order valence-electron chi connectivity index (χ3n) is 1.38. The summed E-state index contributed by atoms with van der Waals surface area (Å²) < 4.78 is 4.74. The number of aliphatic hydroxyl groups excluding tert-OH is 1. The number of rotatable bonds is 2. The summed E-state index contributed by atoms with van der Waals surface area (Å²) in [6, 6.07) is 3.48. The Balaban J connectivity index is 0.000000226. The van der Waals surface area contributed by atoms with Crippen LogP contribution in [0, 0.1) is 5.41 Å². The number of aliphatic hydroxyl groups is 1. The molecule has 0 aromatic carbocycles. The summed E-state index contributed by atoms with van der Waals surface area (Å²) in [5.41, 5.74) is 0. The molecule has 0 aliphatic rings. The van der Waals surface area contributed by atoms with Crippen molar-refractivity contribution in [1.82, 2.24) is 0 Å². The Bertz CT molecular complexity index is 250. The highest BCUT2D eigenvalue weighted by molar-refractivity contribution is 5.72. The molecule has 0 aliphatic carbocycles. The van der Waals surface area contributed by atoms with Crippen LogP contribution in [-0.4, -0.2) is 11.3 Å². The van der Waals surface area contributed by atoms with E-state index in [4.69, 9.17) is 14.9 Å². The second kappa shape index (κ2) is 7.16. The van der Waals surface area contributed by atoms with Crippen molar-refractivity contribution in [2.75, 3.05) is 0 Å². The second-order valence-electron chi connectivity index (χ2n) is 2.29. The summed E-state index contributed by atoms with van der Waals surface area (Å²) in [7, 11) is 0. The maximum Gasteiger partial charge on any atom is 0.144 e. The normalized spacial score (nSPS) is 10.2. The number of furan rings is 1. The van der Waals surface area contributed by atoms with Gasteiger partial charge in [0.05, 0.1) is 18.2 Å². The van der Waals surface area contributed by atoms with Crippen LogP contribution in [-0.2, 0) is 0 Å². The van der Waals surface area contributed by atoms with Crippen LogP contribution in [0.3, 0.4) is 0 Å². The van der Waals surface area contributed by atoms with Gasteiger partial charge in [-0.3, -0.25) is 0 Å². The van der Waals surface area contributed by atoms with E-state index >= 15 is 0 Å². The van der Waals surface area contributed by atoms with Crippen LogP contribution in [0.1, 0.15) is 26.0 Å². The monoisotopic (exact) mass is 181 g/mol. The Hall–Kier alpha value is -1.51. The summed E-state index contributed by atoms with van der Waals surface area (Å²) in [4.78, 5) is 0. The number of nitrogens with one attached hydrogen (secondary N) is 1. The zero-order valence-corrected chi connectivity index (χ0v) is 7.95. The van der Waals surface area contributed by atoms with Crippen LogP contribution in [0.4, 0.5) is 0 Å². The molecule has 1 aromatic rings. The molecule has 0 aliphatic heterocycles. The van der Waals surface area contributed by atoms with Crippen LogP contribution in [0.25, 0.3) is 0 Å². The van der Waals surface area contributed by atoms with Gasteiger partial charge < -0.3 is 14.9 Å². The lowest BCUT2D eigenvalue weighted by Gasteiger charge is -1.84. The standard InChI is InChI=1S/C5H5NO.C5H10O/c6-4-5-2-1-3-7-5;1-3-5(6)4-2/h1-4,6H;3,6H,4H2,1-2H3/b;5-3-. The fourth-order valence-corrected chi connectivity index (χ4v) is 0.578. The first-order chi connectivity index (χ1) is 6.24. The topological polar surface area (TPSA) is 57.2 Å². The molecule has 0 radical (unpaired) electrons. The lowest BCUT2D eigenvalue weighted by Crippen LogP contribution is -1.70. The predicted molar refractivity (Wildman–Crippen MR) is 53.3 cm³/mol. The Morgan fingerprint density at radius 2 is 2.38 bits per heavy atom. The second-order valence-corrected chi connectivity index (χ2v) is 2.29. The predicted octanol–water partition coefficient (Wildman–Crippen LogP) is 3.14. The van der Waals surface area contributed by atoms with Gasteiger partial charge in [0.2, 0.25) is 0 Å². The lowest BCUT2D eigenvalue weighted by molar-refractivity contribution is 0.393. The third kappa shape index (κ3) is 5.73. The zero-order valence-electron chi connectivity index (χ0n) is 7.95. The van der Waals surface area contributed by atoms with Gasteiger partial charge in [0.1, 0.15) is 5.76 Å². The number of hydrogen-bond acceptors (Lipinski definition) is 3. The molecule has 1 rings (SSSR count). The largest absolute Gasteiger partial charge is 0.513 e. The summed E-state index contributed by atoms with van der Waals surface area (Å²) in [6.07, 6.45) is 5.15. The average Bonchev–Trinajstić information content (AvgIpc) is 2.70. The maximum absolute atomic E-state index is 8.53. The molecule has 0 saturated carbocycles. The highest BCUT2D eigenvalue weighted by Crippen LogP contribution is 1.92. The van der Waals surface area contributed by atoms with Gasteiger partial charge in [-0.05, 0) is 25.1 Å². The van der Waals surface area contributed by atoms with Crippen LogP contribution >= 0.6 is 0 Å². The SMILES string of the molecule is C/C=C(\O)CC.N=Cc1ccco1. The van der Waals surface area contributed by atoms with Gasteiger partial charge in [0.25, 0.3) is 0 Å². The molecule has 0 spiro atoms. The molecule has 0 unspecified atom stereocenters. The van der Waals surface area contributed by atoms with Gasteiger partial charge in [0.15, 0.2) is 0 Å². The van der Waals surface area contributed by atoms with Crippen LogP contribution in [0.15, 0.2) is 34.6 Å². The first kappa shape index (κ1) is 11.5. The molecule has 13 heavy (non-hydrogen) atoms. The van der Waals surface area contributed by atoms with E-state index in [9.17, 15) is 0 Å². The van der Waals surface area contributed by atoms with E-state index in [1.165, 1.54) is 6.21 Å². The zero-order chi connectivity index (χ0) is 10.1. The van der Waals surface area contributed by atoms with Crippen molar-refractivity contribution in [1.29, 1.82) is 5.41 Å². The van der Waals surface area contributed by atoms with E-state index in [-0.39, 0.29) is 0 Å². The molecule has 1 aromatic heterocycles. The molecular formula is C10H15NO2. The summed E-state index contributed by atoms with van der Waals surface area (Å²) >= 11 is 0. The first-order valence-electron chi connectivity index (χ1n) is 4.12. The minimum absolute atomic E-state index is 0.468. The Kier molecular flexibility index (Phi) is 6.32. The van der Waals surface area contributed by atoms with Crippen molar-refractivity contribution >= 4 is 6.21 Å². The molecule has 2 N–H and O–H groups in total. The van der Waals surface area contributed by atoms with Gasteiger partial charge in [-0.2, -0.15) is 0 Å². The number of allylic oxidation sites excluding steroid dienone is 2. The van der Waals surface area contributed by atoms with Crippen LogP contribution < -0.4 is 0 Å². The highest BCUT2D eigenvalue weighted by Gasteiger charge is 1.81. The minimum atomic E-state index is 0.468. The van der Waals surface area contributed by atoms with Gasteiger partial charge in [-0.1, -0.05) is 6.92 Å². The van der Waals surface area contributed by atoms with Crippen molar-refractivity contribution in [3.8, 4) is 0 Å². The fraction of sp³-hybridized carbons (Fsp3) is 0.300. The molecule has 0 saturated heterocycles. The van der Waals surface area contributed by atoms with Crippen LogP contribution in [0.2, 0.25) is 0 Å². The average molecular weight is 181 g/mol. The number of hydrogen-bond donors (Lipinski definition) is 2. The summed E-state index contributed by atoms with van der Waals surface area (Å²) in [5, 5.41) is 15.2. The fourth-order valence-electron chi connectivity index (χ4n) is 0.578. The van der Waals surface area contributed by atoms with E-state index in [2.05, 4.69) is 0 Å². The van der Waals surface area contributed by atoms with Crippen molar-refractivity contribution < 1.29 is 9.52 Å². The van der Waals surface area contributed by atoms with E-state index in [0.717, 1.165) is 6.42 Å². The molecule has 0 fully saturated rings. The summed E-state index contributed by atoms with van der Waals surface area (Å²) in [6.45, 7) is 3.73. The van der Waals surface area contributed by atoms with E-state index in [1.807, 2.05) is 13.8 Å². The molecule has 3 nitrogen and oxygen atoms in total. The Labute approximate surface area is 78.2 Å². The lowest BCUT2D eigenvalue weighted by atomic mass is 10.4. The van der Waals surface area contributed by atoms with Gasteiger partial charge in [0, 0.05) is 6.42 Å². The van der Waals surface area contributed by atoms with Crippen molar-refractivity contribution in [2.24, 2.45) is 0 Å². The highest BCUT2D eigenvalue weighted by atomic mass is 16.3. The Morgan fingerprint density at radius 3 is 2.54 bits per heavy atom. The molecule has 0 bridgehead atoms. The maximum atomic E-state index is 8.53. The molecule has 0 atom stereocenters.